The summed E-state index contributed by atoms with van der Waals surface area (Å²) in [4.78, 5) is 61.6. The SMILES string of the molecule is CC(=O)c1cc2ccc(Br)cc2[nH]1.CC(C)(C)OC(=O)n1ncc2cc(Nc3ccnc(Cl)n3)ccc21.Cc1nccc(Nc2ccc(C3=CCN=C3)cc2)n1.NC1CCOC1.Nc1cccnc1.O=C(O)c1cc2ccc(Br)cc2s1. The predicted octanol–water partition coefficient (Wildman–Crippen LogP) is 13.9. The third-order valence-electron chi connectivity index (χ3n) is 11.3. The quantitative estimate of drug-likeness (QED) is 0.0639. The van der Waals surface area contributed by atoms with Gasteiger partial charge in [-0.3, -0.25) is 14.8 Å². The molecule has 0 saturated carbocycles. The normalized spacial score (nSPS) is 13.1. The molecule has 6 aromatic heterocycles. The van der Waals surface area contributed by atoms with Crippen molar-refractivity contribution in [2.45, 2.75) is 52.7 Å². The number of nitrogen functional groups attached to an aromatic ring is 1. The van der Waals surface area contributed by atoms with Crippen LogP contribution in [-0.2, 0) is 9.47 Å². The van der Waals surface area contributed by atoms with Gasteiger partial charge in [-0.15, -0.1) is 11.3 Å². The molecule has 4 aromatic carbocycles. The van der Waals surface area contributed by atoms with Crippen molar-refractivity contribution in [2.75, 3.05) is 36.1 Å². The van der Waals surface area contributed by atoms with Gasteiger partial charge < -0.3 is 41.7 Å². The maximum absolute atomic E-state index is 12.2. The number of aliphatic imine (C=N–C) groups is 1. The molecule has 1 saturated heterocycles. The molecule has 1 atom stereocenters. The number of carboxylic acid groups (broad SMARTS) is 1. The first-order chi connectivity index (χ1) is 39.2. The first-order valence-electron chi connectivity index (χ1n) is 25.3. The number of Topliss-reactive ketones (excluding diaryl/α,β-unsaturated/α-hetero) is 1. The van der Waals surface area contributed by atoms with E-state index >= 15 is 0 Å². The maximum atomic E-state index is 12.2. The molecule has 19 nitrogen and oxygen atoms in total. The number of carboxylic acids is 1. The van der Waals surface area contributed by atoms with Crippen LogP contribution >= 0.6 is 54.8 Å². The van der Waals surface area contributed by atoms with E-state index in [0.29, 0.717) is 33.6 Å². The molecule has 12 rings (SSSR count). The molecule has 1 fully saturated rings. The van der Waals surface area contributed by atoms with Gasteiger partial charge in [-0.1, -0.05) is 62.2 Å². The minimum absolute atomic E-state index is 0.0623. The number of halogens is 3. The second-order valence-corrected chi connectivity index (χ2v) is 22.2. The summed E-state index contributed by atoms with van der Waals surface area (Å²) < 4.78 is 14.5. The average molecular weight is 1270 g/mol. The molecule has 0 bridgehead atoms. The number of thiophene rings is 1. The van der Waals surface area contributed by atoms with Crippen molar-refractivity contribution in [1.82, 2.24) is 39.7 Å². The number of nitrogens with one attached hydrogen (secondary N) is 3. The fraction of sp³-hybridized carbons (Fsp3) is 0.186. The van der Waals surface area contributed by atoms with Crippen molar-refractivity contribution in [3.8, 4) is 0 Å². The summed E-state index contributed by atoms with van der Waals surface area (Å²) >= 11 is 13.8. The molecule has 1 unspecified atom stereocenters. The zero-order chi connectivity index (χ0) is 58.8. The number of fused-ring (bicyclic) bond motifs is 3. The Morgan fingerprint density at radius 1 is 0.841 bits per heavy atom. The third-order valence-corrected chi connectivity index (χ3v) is 13.5. The zero-order valence-corrected chi connectivity index (χ0v) is 49.9. The first kappa shape index (κ1) is 61.4. The Kier molecular flexibility index (Phi) is 22.0. The number of aryl methyl sites for hydroxylation is 1. The number of allylic oxidation sites excluding steroid dienone is 1. The van der Waals surface area contributed by atoms with E-state index in [1.807, 2.05) is 107 Å². The number of carbonyl (C=O) groups is 3. The number of carbonyl (C=O) groups excluding carboxylic acids is 2. The number of H-pyrrole nitrogens is 1. The van der Waals surface area contributed by atoms with Crippen LogP contribution in [0.2, 0.25) is 5.28 Å². The molecule has 2 aliphatic heterocycles. The monoisotopic (exact) mass is 1270 g/mol. The van der Waals surface area contributed by atoms with Gasteiger partial charge in [-0.05, 0) is 153 Å². The molecule has 8 N–H and O–H groups in total. The van der Waals surface area contributed by atoms with Crippen molar-refractivity contribution >= 4 is 145 Å². The summed E-state index contributed by atoms with van der Waals surface area (Å²) in [7, 11) is 0. The number of benzene rings is 4. The molecule has 2 aliphatic rings. The molecule has 8 heterocycles. The van der Waals surface area contributed by atoms with Gasteiger partial charge in [0.15, 0.2) is 5.78 Å². The number of aromatic carboxylic acids is 1. The fourth-order valence-corrected chi connectivity index (χ4v) is 9.37. The Morgan fingerprint density at radius 3 is 2.15 bits per heavy atom. The highest BCUT2D eigenvalue weighted by molar-refractivity contribution is 9.10. The Hall–Kier alpha value is -8.25. The predicted molar refractivity (Wildman–Crippen MR) is 334 cm³/mol. The van der Waals surface area contributed by atoms with Crippen LogP contribution in [0.5, 0.6) is 0 Å². The van der Waals surface area contributed by atoms with Crippen LogP contribution in [0, 0.1) is 6.92 Å². The summed E-state index contributed by atoms with van der Waals surface area (Å²) in [6.45, 7) is 11.3. The largest absolute Gasteiger partial charge is 0.477 e. The van der Waals surface area contributed by atoms with Gasteiger partial charge in [-0.25, -0.2) is 29.5 Å². The number of ketones is 1. The van der Waals surface area contributed by atoms with Crippen molar-refractivity contribution in [2.24, 2.45) is 10.7 Å². The number of hydrogen-bond acceptors (Lipinski definition) is 17. The lowest BCUT2D eigenvalue weighted by Gasteiger charge is -2.19. The molecular formula is C59H58Br2ClN13O6S. The topological polar surface area (TPSA) is 276 Å². The Bertz CT molecular complexity index is 3750. The van der Waals surface area contributed by atoms with Crippen LogP contribution < -0.4 is 22.1 Å². The minimum Gasteiger partial charge on any atom is -0.477 e. The van der Waals surface area contributed by atoms with Crippen LogP contribution in [0.3, 0.4) is 0 Å². The lowest BCUT2D eigenvalue weighted by Crippen LogP contribution is -2.27. The zero-order valence-electron chi connectivity index (χ0n) is 45.2. The molecule has 0 aliphatic carbocycles. The van der Waals surface area contributed by atoms with E-state index in [0.717, 1.165) is 84.5 Å². The van der Waals surface area contributed by atoms with E-state index in [1.165, 1.54) is 27.2 Å². The highest BCUT2D eigenvalue weighted by Crippen LogP contribution is 2.29. The first-order valence-corrected chi connectivity index (χ1v) is 28.1. The summed E-state index contributed by atoms with van der Waals surface area (Å²) in [6, 6.07) is 36.4. The van der Waals surface area contributed by atoms with Gasteiger partial charge in [0.1, 0.15) is 27.9 Å². The average Bonchev–Trinajstić information content (AvgIpc) is 4.42. The minimum atomic E-state index is -0.864. The van der Waals surface area contributed by atoms with Gasteiger partial charge in [0, 0.05) is 91.9 Å². The van der Waals surface area contributed by atoms with Crippen LogP contribution in [0.4, 0.5) is 33.5 Å². The fourth-order valence-electron chi connectivity index (χ4n) is 7.41. The third kappa shape index (κ3) is 19.2. The number of hydrogen-bond donors (Lipinski definition) is 6. The second kappa shape index (κ2) is 29.5. The Labute approximate surface area is 498 Å². The lowest BCUT2D eigenvalue weighted by molar-refractivity contribution is 0.0522. The summed E-state index contributed by atoms with van der Waals surface area (Å²) in [6.07, 6.45) is 12.8. The second-order valence-electron chi connectivity index (χ2n) is 19.0. The number of aromatic amines is 1. The van der Waals surface area contributed by atoms with E-state index in [9.17, 15) is 14.4 Å². The van der Waals surface area contributed by atoms with Crippen LogP contribution in [0.25, 0.3) is 37.5 Å². The highest BCUT2D eigenvalue weighted by atomic mass is 79.9. The van der Waals surface area contributed by atoms with Gasteiger partial charge in [0.05, 0.1) is 36.2 Å². The number of nitrogens with two attached hydrogens (primary N) is 2. The van der Waals surface area contributed by atoms with Crippen molar-refractivity contribution in [1.29, 1.82) is 0 Å². The number of aromatic nitrogens is 8. The van der Waals surface area contributed by atoms with E-state index in [2.05, 4.69) is 101 Å². The van der Waals surface area contributed by atoms with Crippen LogP contribution in [0.1, 0.15) is 65.7 Å². The van der Waals surface area contributed by atoms with Crippen molar-refractivity contribution < 1.29 is 29.0 Å². The van der Waals surface area contributed by atoms with E-state index in [-0.39, 0.29) is 11.1 Å². The van der Waals surface area contributed by atoms with E-state index in [4.69, 9.17) is 37.6 Å². The number of nitrogens with zero attached hydrogens (tertiary/aromatic N) is 8. The van der Waals surface area contributed by atoms with Gasteiger partial charge >= 0.3 is 12.1 Å². The molecule has 82 heavy (non-hydrogen) atoms. The summed E-state index contributed by atoms with van der Waals surface area (Å²) in [5.41, 5.74) is 17.3. The highest BCUT2D eigenvalue weighted by Gasteiger charge is 2.20. The van der Waals surface area contributed by atoms with Crippen LogP contribution in [0.15, 0.2) is 166 Å². The number of ether oxygens (including phenoxy) is 2. The molecule has 0 radical (unpaired) electrons. The van der Waals surface area contributed by atoms with Crippen molar-refractivity contribution in [3.63, 3.8) is 0 Å². The number of pyridine rings is 1. The van der Waals surface area contributed by atoms with Crippen LogP contribution in [-0.4, -0.2) is 100 Å². The van der Waals surface area contributed by atoms with Gasteiger partial charge in [0.2, 0.25) is 5.28 Å². The van der Waals surface area contributed by atoms with E-state index in [1.54, 1.807) is 68.2 Å². The van der Waals surface area contributed by atoms with Gasteiger partial charge in [-0.2, -0.15) is 9.78 Å². The number of rotatable bonds is 7. The molecule has 422 valence electrons. The molecule has 10 aromatic rings. The van der Waals surface area contributed by atoms with Crippen molar-refractivity contribution in [3.05, 3.63) is 189 Å². The van der Waals surface area contributed by atoms with E-state index < -0.39 is 17.7 Å². The smallest absolute Gasteiger partial charge is 0.435 e. The molecular weight excluding hydrogens is 1210 g/mol. The lowest BCUT2D eigenvalue weighted by atomic mass is 10.1. The molecule has 0 amide bonds. The Balaban J connectivity index is 0.000000150. The Morgan fingerprint density at radius 2 is 1.55 bits per heavy atom. The maximum Gasteiger partial charge on any atom is 0.435 e. The number of anilines is 5. The molecule has 0 spiro atoms. The summed E-state index contributed by atoms with van der Waals surface area (Å²) in [5.74, 6) is 1.34. The summed E-state index contributed by atoms with van der Waals surface area (Å²) in [5, 5.41) is 22.2. The molecule has 23 heteroatoms. The van der Waals surface area contributed by atoms with Gasteiger partial charge in [0.25, 0.3) is 0 Å². The standard InChI is InChI=1S/C16H16ClN5O2.C15H14N4.C10H8BrNO.C9H5BrO2S.C5H6N2.C4H9NO/c1-16(2,3)24-15(23)22-12-5-4-11(8-10(12)9-19-22)20-13-6-7-18-14(17)21-13;1-11-17-9-7-15(18-11)19-14-4-2-12(3-5-14)13-6-8-16-10-13;1-6(13)9-4-7-2-3-8(11)5-10(7)12-9;10-6-2-1-5-3-8(9(11)12)13-7(5)4-6;6-5-2-1-3-7-4-5;5-4-1-2-6-3-4/h4-9H,1-3H3,(H,18,20,21);2-7,9-10H,8H2,1H3,(H,17,18,19);2-5,12H,1H3;1-4H,(H,11,12);1-4H,6H2;4H,1-3,5H2.